The van der Waals surface area contributed by atoms with Gasteiger partial charge in [0.1, 0.15) is 0 Å². The van der Waals surface area contributed by atoms with Gasteiger partial charge < -0.3 is 9.64 Å². The van der Waals surface area contributed by atoms with E-state index in [0.29, 0.717) is 13.0 Å². The minimum atomic E-state index is -0.995. The molecule has 0 saturated carbocycles. The summed E-state index contributed by atoms with van der Waals surface area (Å²) >= 11 is 0. The van der Waals surface area contributed by atoms with Gasteiger partial charge in [-0.2, -0.15) is 4.39 Å². The summed E-state index contributed by atoms with van der Waals surface area (Å²) in [6, 6.07) is 2.98. The Kier molecular flexibility index (Phi) is 4.15. The van der Waals surface area contributed by atoms with Gasteiger partial charge in [-0.05, 0) is 18.6 Å². The Morgan fingerprint density at radius 2 is 2.19 bits per heavy atom. The quantitative estimate of drug-likeness (QED) is 0.477. The topological polar surface area (TPSA) is 89.8 Å². The Morgan fingerprint density at radius 3 is 2.81 bits per heavy atom. The minimum Gasteiger partial charge on any atom is -0.469 e. The van der Waals surface area contributed by atoms with Gasteiger partial charge in [0.05, 0.1) is 18.0 Å². The van der Waals surface area contributed by atoms with Crippen molar-refractivity contribution in [1.29, 1.82) is 0 Å². The number of nitro benzene ring substituents is 1. The van der Waals surface area contributed by atoms with E-state index in [4.69, 9.17) is 0 Å². The third-order valence-electron chi connectivity index (χ3n) is 3.40. The van der Waals surface area contributed by atoms with Crippen LogP contribution >= 0.6 is 0 Å². The van der Waals surface area contributed by atoms with E-state index in [9.17, 15) is 24.1 Å². The molecule has 1 atom stereocenters. The fourth-order valence-electron chi connectivity index (χ4n) is 2.27. The molecule has 0 aromatic heterocycles. The third kappa shape index (κ3) is 2.99. The molecule has 1 fully saturated rings. The van der Waals surface area contributed by atoms with Crippen molar-refractivity contribution in [2.24, 2.45) is 5.92 Å². The van der Waals surface area contributed by atoms with Crippen molar-refractivity contribution in [1.82, 2.24) is 4.90 Å². The van der Waals surface area contributed by atoms with E-state index in [2.05, 4.69) is 4.74 Å². The van der Waals surface area contributed by atoms with Crippen LogP contribution in [0.3, 0.4) is 0 Å². The number of amides is 1. The van der Waals surface area contributed by atoms with Gasteiger partial charge in [0.2, 0.25) is 5.82 Å². The second-order valence-electron chi connectivity index (χ2n) is 4.68. The van der Waals surface area contributed by atoms with Gasteiger partial charge in [0.25, 0.3) is 5.91 Å². The highest BCUT2D eigenvalue weighted by atomic mass is 19.1. The van der Waals surface area contributed by atoms with E-state index >= 15 is 0 Å². The average Bonchev–Trinajstić information content (AvgIpc) is 2.95. The number of hydrogen-bond acceptors (Lipinski definition) is 5. The second-order valence-corrected chi connectivity index (χ2v) is 4.68. The highest BCUT2D eigenvalue weighted by molar-refractivity contribution is 5.95. The van der Waals surface area contributed by atoms with Gasteiger partial charge in [0.15, 0.2) is 0 Å². The van der Waals surface area contributed by atoms with Crippen LogP contribution in [0.25, 0.3) is 0 Å². The summed E-state index contributed by atoms with van der Waals surface area (Å²) < 4.78 is 17.9. The normalized spacial score (nSPS) is 17.6. The first-order chi connectivity index (χ1) is 9.93. The van der Waals surface area contributed by atoms with Gasteiger partial charge in [-0.3, -0.25) is 19.7 Å². The number of nitrogens with zero attached hydrogens (tertiary/aromatic N) is 2. The maximum atomic E-state index is 13.2. The summed E-state index contributed by atoms with van der Waals surface area (Å²) in [5.74, 6) is -2.25. The number of halogens is 1. The van der Waals surface area contributed by atoms with Crippen LogP contribution in [0.1, 0.15) is 16.8 Å². The van der Waals surface area contributed by atoms with E-state index in [1.54, 1.807) is 0 Å². The highest BCUT2D eigenvalue weighted by Gasteiger charge is 2.32. The summed E-state index contributed by atoms with van der Waals surface area (Å²) in [5, 5.41) is 10.7. The van der Waals surface area contributed by atoms with Gasteiger partial charge in [-0.15, -0.1) is 0 Å². The summed E-state index contributed by atoms with van der Waals surface area (Å²) in [6.07, 6.45) is 0.474. The molecule has 0 spiro atoms. The van der Waals surface area contributed by atoms with Crippen molar-refractivity contribution in [2.75, 3.05) is 20.2 Å². The van der Waals surface area contributed by atoms with Crippen LogP contribution in [0, 0.1) is 21.8 Å². The van der Waals surface area contributed by atoms with E-state index in [1.165, 1.54) is 18.1 Å². The van der Waals surface area contributed by atoms with E-state index in [1.807, 2.05) is 0 Å². The van der Waals surface area contributed by atoms with E-state index in [-0.39, 0.29) is 12.1 Å². The molecule has 1 aliphatic rings. The Hall–Kier alpha value is -2.51. The molecule has 1 aromatic carbocycles. The molecule has 112 valence electrons. The molecule has 1 aromatic rings. The third-order valence-corrected chi connectivity index (χ3v) is 3.40. The van der Waals surface area contributed by atoms with Gasteiger partial charge in [-0.25, -0.2) is 0 Å². The summed E-state index contributed by atoms with van der Waals surface area (Å²) in [4.78, 5) is 34.8. The Balaban J connectivity index is 2.16. The predicted molar refractivity (Wildman–Crippen MR) is 69.1 cm³/mol. The molecule has 0 radical (unpaired) electrons. The lowest BCUT2D eigenvalue weighted by molar-refractivity contribution is -0.387. The first-order valence-corrected chi connectivity index (χ1v) is 6.25. The zero-order chi connectivity index (χ0) is 15.6. The lowest BCUT2D eigenvalue weighted by Crippen LogP contribution is -2.30. The molecule has 1 heterocycles. The van der Waals surface area contributed by atoms with Crippen LogP contribution in [-0.2, 0) is 9.53 Å². The molecule has 7 nitrogen and oxygen atoms in total. The van der Waals surface area contributed by atoms with E-state index < -0.39 is 34.2 Å². The molecule has 21 heavy (non-hydrogen) atoms. The number of carbonyl (C=O) groups excluding carboxylic acids is 2. The molecule has 1 amide bonds. The predicted octanol–water partition coefficient (Wildman–Crippen LogP) is 1.37. The number of ether oxygens (including phenoxy) is 1. The standard InChI is InChI=1S/C13H13FN2O5/c1-21-13(18)9-4-5-15(7-9)12(17)8-2-3-10(14)11(6-8)16(19)20/h2-3,6,9H,4-5,7H2,1H3. The molecule has 1 aliphatic heterocycles. The summed E-state index contributed by atoms with van der Waals surface area (Å²) in [5.41, 5.74) is -0.724. The molecule has 1 saturated heterocycles. The number of methoxy groups -OCH3 is 1. The number of rotatable bonds is 3. The van der Waals surface area contributed by atoms with Crippen LogP contribution in [0.2, 0.25) is 0 Å². The second kappa shape index (κ2) is 5.86. The highest BCUT2D eigenvalue weighted by Crippen LogP contribution is 2.23. The fourth-order valence-corrected chi connectivity index (χ4v) is 2.27. The van der Waals surface area contributed by atoms with Gasteiger partial charge >= 0.3 is 11.7 Å². The van der Waals surface area contributed by atoms with Crippen LogP contribution in [0.4, 0.5) is 10.1 Å². The van der Waals surface area contributed by atoms with Crippen LogP contribution < -0.4 is 0 Å². The van der Waals surface area contributed by atoms with Gasteiger partial charge in [-0.1, -0.05) is 0 Å². The van der Waals surface area contributed by atoms with Crippen molar-refractivity contribution < 1.29 is 23.6 Å². The first kappa shape index (κ1) is 14.9. The molecule has 0 N–H and O–H groups in total. The first-order valence-electron chi connectivity index (χ1n) is 6.25. The van der Waals surface area contributed by atoms with Crippen molar-refractivity contribution >= 4 is 17.6 Å². The molecular weight excluding hydrogens is 283 g/mol. The molecule has 8 heteroatoms. The number of esters is 1. The number of benzene rings is 1. The number of likely N-dealkylation sites (tertiary alicyclic amines) is 1. The molecule has 0 aliphatic carbocycles. The van der Waals surface area contributed by atoms with Gasteiger partial charge in [0, 0.05) is 24.7 Å². The van der Waals surface area contributed by atoms with Crippen molar-refractivity contribution in [3.05, 3.63) is 39.7 Å². The maximum absolute atomic E-state index is 13.2. The lowest BCUT2D eigenvalue weighted by atomic mass is 10.1. The zero-order valence-corrected chi connectivity index (χ0v) is 11.2. The minimum absolute atomic E-state index is 0.0219. The van der Waals surface area contributed by atoms with Crippen molar-refractivity contribution in [3.63, 3.8) is 0 Å². The lowest BCUT2D eigenvalue weighted by Gasteiger charge is -2.16. The largest absolute Gasteiger partial charge is 0.469 e. The van der Waals surface area contributed by atoms with Crippen LogP contribution in [0.15, 0.2) is 18.2 Å². The molecule has 2 rings (SSSR count). The SMILES string of the molecule is COC(=O)C1CCN(C(=O)c2ccc(F)c([N+](=O)[O-])c2)C1. The zero-order valence-electron chi connectivity index (χ0n) is 11.2. The number of nitro groups is 1. The molecule has 0 bridgehead atoms. The monoisotopic (exact) mass is 296 g/mol. The van der Waals surface area contributed by atoms with Crippen molar-refractivity contribution in [3.8, 4) is 0 Å². The van der Waals surface area contributed by atoms with Crippen LogP contribution in [-0.4, -0.2) is 41.9 Å². The fraction of sp³-hybridized carbons (Fsp3) is 0.385. The number of carbonyl (C=O) groups is 2. The molecule has 1 unspecified atom stereocenters. The summed E-state index contributed by atoms with van der Waals surface area (Å²) in [7, 11) is 1.27. The maximum Gasteiger partial charge on any atom is 0.310 e. The Morgan fingerprint density at radius 1 is 1.48 bits per heavy atom. The van der Waals surface area contributed by atoms with Crippen LogP contribution in [0.5, 0.6) is 0 Å². The summed E-state index contributed by atoms with van der Waals surface area (Å²) in [6.45, 7) is 0.542. The van der Waals surface area contributed by atoms with E-state index in [0.717, 1.165) is 12.1 Å². The van der Waals surface area contributed by atoms with Crippen molar-refractivity contribution in [2.45, 2.75) is 6.42 Å². The average molecular weight is 296 g/mol. The Labute approximate surface area is 119 Å². The number of hydrogen-bond donors (Lipinski definition) is 0. The smallest absolute Gasteiger partial charge is 0.310 e. The molecular formula is C13H13FN2O5. The Bertz CT molecular complexity index is 604.